The van der Waals surface area contributed by atoms with Crippen molar-refractivity contribution in [3.8, 4) is 0 Å². The Balaban J connectivity index is 1.98. The molecule has 0 aliphatic carbocycles. The third-order valence-corrected chi connectivity index (χ3v) is 5.11. The number of hydrogen-bond donors (Lipinski definition) is 1. The van der Waals surface area contributed by atoms with Crippen LogP contribution in [0.4, 0.5) is 0 Å². The summed E-state index contributed by atoms with van der Waals surface area (Å²) in [6, 6.07) is 0.576. The molecular weight excluding hydrogens is 268 g/mol. The Morgan fingerprint density at radius 3 is 2.40 bits per heavy atom. The molecule has 20 heavy (non-hydrogen) atoms. The van der Waals surface area contributed by atoms with Crippen molar-refractivity contribution in [2.24, 2.45) is 0 Å². The zero-order valence-corrected chi connectivity index (χ0v) is 14.3. The first-order chi connectivity index (χ1) is 9.20. The summed E-state index contributed by atoms with van der Waals surface area (Å²) in [5.74, 6) is 0. The van der Waals surface area contributed by atoms with Crippen LogP contribution in [0.5, 0.6) is 0 Å². The van der Waals surface area contributed by atoms with Gasteiger partial charge in [-0.05, 0) is 26.7 Å². The highest BCUT2D eigenvalue weighted by molar-refractivity contribution is 7.09. The fourth-order valence-corrected chi connectivity index (χ4v) is 3.81. The zero-order valence-electron chi connectivity index (χ0n) is 13.4. The third kappa shape index (κ3) is 3.80. The molecule has 1 fully saturated rings. The summed E-state index contributed by atoms with van der Waals surface area (Å²) in [5.41, 5.74) is 0.678. The second-order valence-electron chi connectivity index (χ2n) is 7.41. The van der Waals surface area contributed by atoms with Crippen molar-refractivity contribution < 1.29 is 5.11 Å². The van der Waals surface area contributed by atoms with Crippen LogP contribution in [0.3, 0.4) is 0 Å². The van der Waals surface area contributed by atoms with Crippen LogP contribution in [-0.2, 0) is 11.8 Å². The first-order valence-electron chi connectivity index (χ1n) is 7.61. The van der Waals surface area contributed by atoms with Gasteiger partial charge in [0.15, 0.2) is 0 Å². The van der Waals surface area contributed by atoms with E-state index in [2.05, 4.69) is 44.9 Å². The molecule has 2 rings (SSSR count). The molecule has 4 heteroatoms. The van der Waals surface area contributed by atoms with Crippen LogP contribution in [0.25, 0.3) is 0 Å². The van der Waals surface area contributed by atoms with E-state index >= 15 is 0 Å². The molecule has 0 atom stereocenters. The molecule has 2 heterocycles. The van der Waals surface area contributed by atoms with Crippen LogP contribution in [0.15, 0.2) is 5.38 Å². The third-order valence-electron chi connectivity index (χ3n) is 4.26. The predicted molar refractivity (Wildman–Crippen MR) is 85.4 cm³/mol. The monoisotopic (exact) mass is 296 g/mol. The maximum absolute atomic E-state index is 10.8. The molecule has 0 radical (unpaired) electrons. The summed E-state index contributed by atoms with van der Waals surface area (Å²) < 4.78 is 0. The average Bonchev–Trinajstić information content (AvgIpc) is 2.77. The summed E-state index contributed by atoms with van der Waals surface area (Å²) in [4.78, 5) is 7.16. The normalized spacial score (nSPS) is 20.6. The second kappa shape index (κ2) is 5.74. The Morgan fingerprint density at radius 1 is 1.35 bits per heavy atom. The lowest BCUT2D eigenvalue weighted by molar-refractivity contribution is -0.0271. The van der Waals surface area contributed by atoms with E-state index in [0.29, 0.717) is 12.5 Å². The molecule has 3 nitrogen and oxygen atoms in total. The van der Waals surface area contributed by atoms with Gasteiger partial charge in [0.2, 0.25) is 0 Å². The predicted octanol–water partition coefficient (Wildman–Crippen LogP) is 3.22. The largest absolute Gasteiger partial charge is 0.389 e. The number of nitrogens with zero attached hydrogens (tertiary/aromatic N) is 2. The lowest BCUT2D eigenvalue weighted by Gasteiger charge is -2.39. The summed E-state index contributed by atoms with van der Waals surface area (Å²) >= 11 is 1.69. The van der Waals surface area contributed by atoms with Crippen molar-refractivity contribution in [2.75, 3.05) is 13.1 Å². The van der Waals surface area contributed by atoms with Gasteiger partial charge in [0.25, 0.3) is 0 Å². The SMILES string of the molecule is CC(C)N1CCC(O)(Cc2nc(C(C)(C)C)cs2)CC1. The Labute approximate surface area is 127 Å². The maximum atomic E-state index is 10.8. The quantitative estimate of drug-likeness (QED) is 0.930. The molecule has 0 bridgehead atoms. The minimum atomic E-state index is -0.557. The van der Waals surface area contributed by atoms with Crippen molar-refractivity contribution >= 4 is 11.3 Å². The molecule has 1 aromatic heterocycles. The maximum Gasteiger partial charge on any atom is 0.0957 e. The molecule has 1 aromatic rings. The van der Waals surface area contributed by atoms with Gasteiger partial charge in [-0.2, -0.15) is 0 Å². The fraction of sp³-hybridized carbons (Fsp3) is 0.812. The van der Waals surface area contributed by atoms with Gasteiger partial charge in [-0.3, -0.25) is 0 Å². The van der Waals surface area contributed by atoms with Crippen LogP contribution in [0.1, 0.15) is 58.2 Å². The Bertz CT molecular complexity index is 440. The van der Waals surface area contributed by atoms with Gasteiger partial charge < -0.3 is 10.0 Å². The van der Waals surface area contributed by atoms with Crippen molar-refractivity contribution in [1.29, 1.82) is 0 Å². The van der Waals surface area contributed by atoms with Crippen LogP contribution < -0.4 is 0 Å². The van der Waals surface area contributed by atoms with E-state index in [1.807, 2.05) is 0 Å². The number of rotatable bonds is 3. The molecule has 0 aromatic carbocycles. The van der Waals surface area contributed by atoms with E-state index in [0.717, 1.165) is 36.6 Å². The summed E-state index contributed by atoms with van der Waals surface area (Å²) in [6.45, 7) is 13.0. The molecular formula is C16H28N2OS. The van der Waals surface area contributed by atoms with E-state index in [4.69, 9.17) is 4.98 Å². The smallest absolute Gasteiger partial charge is 0.0957 e. The number of likely N-dealkylation sites (tertiary alicyclic amines) is 1. The highest BCUT2D eigenvalue weighted by Gasteiger charge is 2.34. The summed E-state index contributed by atoms with van der Waals surface area (Å²) in [5, 5.41) is 14.0. The molecule has 0 spiro atoms. The van der Waals surface area contributed by atoms with Gasteiger partial charge in [0.1, 0.15) is 0 Å². The van der Waals surface area contributed by atoms with Gasteiger partial charge in [0.05, 0.1) is 16.3 Å². The van der Waals surface area contributed by atoms with E-state index in [-0.39, 0.29) is 5.41 Å². The molecule has 1 aliphatic rings. The summed E-state index contributed by atoms with van der Waals surface area (Å²) in [7, 11) is 0. The lowest BCUT2D eigenvalue weighted by Crippen LogP contribution is -2.47. The average molecular weight is 296 g/mol. The minimum Gasteiger partial charge on any atom is -0.389 e. The highest BCUT2D eigenvalue weighted by Crippen LogP contribution is 2.30. The highest BCUT2D eigenvalue weighted by atomic mass is 32.1. The molecule has 1 saturated heterocycles. The molecule has 1 aliphatic heterocycles. The lowest BCUT2D eigenvalue weighted by atomic mass is 9.88. The Morgan fingerprint density at radius 2 is 1.95 bits per heavy atom. The van der Waals surface area contributed by atoms with Crippen molar-refractivity contribution in [3.05, 3.63) is 16.1 Å². The van der Waals surface area contributed by atoms with E-state index in [1.54, 1.807) is 11.3 Å². The van der Waals surface area contributed by atoms with Gasteiger partial charge in [-0.1, -0.05) is 20.8 Å². The van der Waals surface area contributed by atoms with Gasteiger partial charge >= 0.3 is 0 Å². The van der Waals surface area contributed by atoms with Crippen molar-refractivity contribution in [2.45, 2.75) is 70.9 Å². The molecule has 0 unspecified atom stereocenters. The van der Waals surface area contributed by atoms with Gasteiger partial charge in [0, 0.05) is 36.3 Å². The van der Waals surface area contributed by atoms with Crippen molar-refractivity contribution in [3.63, 3.8) is 0 Å². The van der Waals surface area contributed by atoms with Gasteiger partial charge in [-0.15, -0.1) is 11.3 Å². The van der Waals surface area contributed by atoms with E-state index < -0.39 is 5.60 Å². The van der Waals surface area contributed by atoms with Crippen LogP contribution in [-0.4, -0.2) is 39.7 Å². The Kier molecular flexibility index (Phi) is 4.57. The Hall–Kier alpha value is -0.450. The topological polar surface area (TPSA) is 36.4 Å². The number of aliphatic hydroxyl groups is 1. The first kappa shape index (κ1) is 15.9. The molecule has 1 N–H and O–H groups in total. The number of piperidine rings is 1. The van der Waals surface area contributed by atoms with Gasteiger partial charge in [-0.25, -0.2) is 4.98 Å². The van der Waals surface area contributed by atoms with E-state index in [9.17, 15) is 5.11 Å². The summed E-state index contributed by atoms with van der Waals surface area (Å²) in [6.07, 6.45) is 2.42. The molecule has 0 amide bonds. The molecule has 0 saturated carbocycles. The number of hydrogen-bond acceptors (Lipinski definition) is 4. The van der Waals surface area contributed by atoms with Crippen LogP contribution in [0.2, 0.25) is 0 Å². The number of aromatic nitrogens is 1. The second-order valence-corrected chi connectivity index (χ2v) is 8.35. The van der Waals surface area contributed by atoms with Crippen LogP contribution >= 0.6 is 11.3 Å². The minimum absolute atomic E-state index is 0.0956. The first-order valence-corrected chi connectivity index (χ1v) is 8.49. The van der Waals surface area contributed by atoms with Crippen molar-refractivity contribution in [1.82, 2.24) is 9.88 Å². The number of thiazole rings is 1. The zero-order chi connectivity index (χ0) is 15.0. The molecule has 114 valence electrons. The fourth-order valence-electron chi connectivity index (χ4n) is 2.65. The van der Waals surface area contributed by atoms with E-state index in [1.165, 1.54) is 0 Å². The van der Waals surface area contributed by atoms with Crippen LogP contribution in [0, 0.1) is 0 Å². The standard InChI is InChI=1S/C16H28N2OS/c1-12(2)18-8-6-16(19,7-9-18)10-14-17-13(11-20-14)15(3,4)5/h11-12,19H,6-10H2,1-5H3.